The van der Waals surface area contributed by atoms with Crippen molar-refractivity contribution in [2.24, 2.45) is 29.0 Å². The quantitative estimate of drug-likeness (QED) is 0.0812. The molecule has 0 spiro atoms. The van der Waals surface area contributed by atoms with Crippen molar-refractivity contribution in [3.05, 3.63) is 59.7 Å². The third-order valence-corrected chi connectivity index (χ3v) is 9.11. The van der Waals surface area contributed by atoms with Crippen LogP contribution in [0.3, 0.4) is 0 Å². The van der Waals surface area contributed by atoms with Gasteiger partial charge in [-0.3, -0.25) is 24.0 Å². The summed E-state index contributed by atoms with van der Waals surface area (Å²) in [6.07, 6.45) is -3.12. The number of ether oxygens (including phenoxy) is 2. The molecule has 11 N–H and O–H groups in total. The average molecular weight is 768 g/mol. The fraction of sp³-hybridized carbons (Fsp3) is 0.500. The van der Waals surface area contributed by atoms with Gasteiger partial charge in [-0.15, -0.1) is 0 Å². The normalized spacial score (nSPS) is 15.3. The van der Waals surface area contributed by atoms with Crippen LogP contribution in [0.5, 0.6) is 0 Å². The van der Waals surface area contributed by atoms with Crippen molar-refractivity contribution in [3.8, 4) is 11.1 Å². The van der Waals surface area contributed by atoms with Gasteiger partial charge in [0.05, 0.1) is 18.9 Å². The van der Waals surface area contributed by atoms with Crippen LogP contribution in [0.25, 0.3) is 11.1 Å². The van der Waals surface area contributed by atoms with Gasteiger partial charge >= 0.3 is 18.0 Å². The maximum atomic E-state index is 13.6. The van der Waals surface area contributed by atoms with Crippen molar-refractivity contribution in [3.63, 3.8) is 0 Å². The smallest absolute Gasteiger partial charge is 0.407 e. The Morgan fingerprint density at radius 3 is 1.87 bits per heavy atom. The molecular formula is C38H53N7O10. The van der Waals surface area contributed by atoms with E-state index in [4.69, 9.17) is 26.7 Å². The molecule has 17 heteroatoms. The van der Waals surface area contributed by atoms with E-state index in [0.29, 0.717) is 6.42 Å². The van der Waals surface area contributed by atoms with Crippen LogP contribution in [0.2, 0.25) is 0 Å². The van der Waals surface area contributed by atoms with E-state index in [-0.39, 0.29) is 25.0 Å². The lowest BCUT2D eigenvalue weighted by Crippen LogP contribution is -2.57. The van der Waals surface area contributed by atoms with Gasteiger partial charge in [-0.1, -0.05) is 76.2 Å². The summed E-state index contributed by atoms with van der Waals surface area (Å²) >= 11 is 0. The summed E-state index contributed by atoms with van der Waals surface area (Å²) in [5, 5.41) is 19.5. The second-order valence-electron chi connectivity index (χ2n) is 14.4. The summed E-state index contributed by atoms with van der Waals surface area (Å²) in [4.78, 5) is 88.2. The van der Waals surface area contributed by atoms with Crippen LogP contribution in [0, 0.1) is 11.8 Å². The Hall–Kier alpha value is -5.55. The number of esters is 1. The van der Waals surface area contributed by atoms with E-state index in [1.54, 1.807) is 13.8 Å². The van der Waals surface area contributed by atoms with Gasteiger partial charge in [0.25, 0.3) is 0 Å². The fourth-order valence-electron chi connectivity index (χ4n) is 6.24. The summed E-state index contributed by atoms with van der Waals surface area (Å²) in [5.74, 6) is -6.61. The van der Waals surface area contributed by atoms with Crippen molar-refractivity contribution < 1.29 is 48.1 Å². The molecule has 0 fully saturated rings. The van der Waals surface area contributed by atoms with Crippen LogP contribution < -0.4 is 38.5 Å². The van der Waals surface area contributed by atoms with Crippen molar-refractivity contribution in [2.45, 2.75) is 96.1 Å². The number of amides is 5. The van der Waals surface area contributed by atoms with Crippen molar-refractivity contribution in [2.75, 3.05) is 13.2 Å². The third kappa shape index (κ3) is 12.8. The second-order valence-corrected chi connectivity index (χ2v) is 14.4. The molecule has 0 heterocycles. The lowest BCUT2D eigenvalue weighted by Gasteiger charge is -2.30. The van der Waals surface area contributed by atoms with Crippen LogP contribution in [0.1, 0.15) is 70.9 Å². The number of primary amides is 2. The first-order valence-corrected chi connectivity index (χ1v) is 18.1. The van der Waals surface area contributed by atoms with Gasteiger partial charge in [0, 0.05) is 18.5 Å². The van der Waals surface area contributed by atoms with Gasteiger partial charge in [-0.2, -0.15) is 0 Å². The van der Waals surface area contributed by atoms with Crippen LogP contribution >= 0.6 is 0 Å². The van der Waals surface area contributed by atoms with Crippen molar-refractivity contribution in [1.29, 1.82) is 0 Å². The largest absolute Gasteiger partial charge is 0.481 e. The summed E-state index contributed by atoms with van der Waals surface area (Å²) in [6, 6.07) is 9.47. The summed E-state index contributed by atoms with van der Waals surface area (Å²) in [7, 11) is 0. The third-order valence-electron chi connectivity index (χ3n) is 9.11. The molecule has 5 amide bonds. The fourth-order valence-corrected chi connectivity index (χ4v) is 6.24. The first kappa shape index (κ1) is 43.9. The zero-order chi connectivity index (χ0) is 41.0. The topological polar surface area (TPSA) is 284 Å². The average Bonchev–Trinajstić information content (AvgIpc) is 3.42. The van der Waals surface area contributed by atoms with Gasteiger partial charge in [0.2, 0.25) is 23.6 Å². The molecule has 0 aliphatic heterocycles. The molecule has 1 aliphatic carbocycles. The molecule has 55 heavy (non-hydrogen) atoms. The molecule has 1 aliphatic rings. The van der Waals surface area contributed by atoms with E-state index in [2.05, 4.69) is 21.3 Å². The first-order valence-electron chi connectivity index (χ1n) is 18.1. The zero-order valence-corrected chi connectivity index (χ0v) is 31.7. The van der Waals surface area contributed by atoms with Gasteiger partial charge in [0.15, 0.2) is 0 Å². The number of hydrogen-bond acceptors (Lipinski definition) is 11. The molecule has 0 radical (unpaired) electrons. The SMILES string of the molecule is CC(C)C[C@H](N)[C@H](CN[C@@H](CC(=O)O)C(=O)N[C@@H](C)C(N)=O)OC(=O)[C@H](CC(N)=O)NC(=O)[C@@H](NC(=O)OCC1c2ccccc2-c2ccccc21)C(C)C. The Bertz CT molecular complexity index is 1670. The predicted octanol–water partition coefficient (Wildman–Crippen LogP) is 0.618. The van der Waals surface area contributed by atoms with E-state index in [1.165, 1.54) is 6.92 Å². The van der Waals surface area contributed by atoms with Crippen molar-refractivity contribution >= 4 is 41.7 Å². The molecule has 3 rings (SSSR count). The molecule has 0 aromatic heterocycles. The van der Waals surface area contributed by atoms with E-state index in [9.17, 15) is 38.7 Å². The highest BCUT2D eigenvalue weighted by Crippen LogP contribution is 2.44. The molecule has 6 atom stereocenters. The van der Waals surface area contributed by atoms with Gasteiger partial charge in [-0.25, -0.2) is 9.59 Å². The summed E-state index contributed by atoms with van der Waals surface area (Å²) in [5.41, 5.74) is 21.1. The van der Waals surface area contributed by atoms with E-state index >= 15 is 0 Å². The Balaban J connectivity index is 1.72. The number of rotatable bonds is 21. The Morgan fingerprint density at radius 2 is 1.36 bits per heavy atom. The van der Waals surface area contributed by atoms with Gasteiger partial charge in [-0.05, 0) is 47.4 Å². The number of nitrogens with two attached hydrogens (primary N) is 3. The summed E-state index contributed by atoms with van der Waals surface area (Å²) < 4.78 is 11.3. The molecule has 2 aromatic carbocycles. The van der Waals surface area contributed by atoms with Gasteiger partial charge < -0.3 is 53.0 Å². The van der Waals surface area contributed by atoms with Crippen LogP contribution in [-0.2, 0) is 38.2 Å². The highest BCUT2D eigenvalue weighted by Gasteiger charge is 2.35. The second kappa shape index (κ2) is 20.2. The number of fused-ring (bicyclic) bond motifs is 3. The molecule has 0 bridgehead atoms. The molecule has 17 nitrogen and oxygen atoms in total. The minimum Gasteiger partial charge on any atom is -0.481 e. The minimum atomic E-state index is -1.61. The molecule has 0 saturated heterocycles. The number of alkyl carbamates (subject to hydrolysis) is 1. The number of benzene rings is 2. The zero-order valence-electron chi connectivity index (χ0n) is 31.7. The highest BCUT2D eigenvalue weighted by atomic mass is 16.6. The lowest BCUT2D eigenvalue weighted by molar-refractivity contribution is -0.155. The molecule has 300 valence electrons. The summed E-state index contributed by atoms with van der Waals surface area (Å²) in [6.45, 7) is 8.05. The number of carbonyl (C=O) groups excluding carboxylic acids is 6. The van der Waals surface area contributed by atoms with Gasteiger partial charge in [0.1, 0.15) is 30.8 Å². The minimum absolute atomic E-state index is 0.00583. The Morgan fingerprint density at radius 1 is 0.782 bits per heavy atom. The number of carboxylic acids is 1. The highest BCUT2D eigenvalue weighted by molar-refractivity contribution is 5.93. The molecule has 0 saturated carbocycles. The van der Waals surface area contributed by atoms with E-state index < -0.39 is 96.7 Å². The lowest BCUT2D eigenvalue weighted by atomic mass is 9.98. The number of carboxylic acid groups (broad SMARTS) is 1. The van der Waals surface area contributed by atoms with E-state index in [0.717, 1.165) is 22.3 Å². The number of hydrogen-bond donors (Lipinski definition) is 8. The number of nitrogens with one attached hydrogen (secondary N) is 4. The molecule has 2 aromatic rings. The maximum absolute atomic E-state index is 13.6. The monoisotopic (exact) mass is 767 g/mol. The molecule has 0 unspecified atom stereocenters. The van der Waals surface area contributed by atoms with Crippen LogP contribution in [-0.4, -0.2) is 96.2 Å². The standard InChI is InChI=1S/C38H53N7O10/c1-19(2)14-27(39)30(17-42-28(16-32(47)48)35(50)43-21(5)34(41)49)55-37(52)29(15-31(40)46)44-36(51)33(20(3)4)45-38(53)54-18-26-24-12-8-6-10-22(24)23-11-7-9-13-25(23)26/h6-13,19-21,26-30,33,42H,14-18,39H2,1-5H3,(H2,40,46)(H2,41,49)(H,43,50)(H,44,51)(H,45,53)(H,47,48)/t21-,27-,28-,29-,30-,33-/m0/s1. The van der Waals surface area contributed by atoms with Crippen molar-refractivity contribution in [1.82, 2.24) is 21.3 Å². The predicted molar refractivity (Wildman–Crippen MR) is 201 cm³/mol. The Kier molecular flexibility index (Phi) is 16.1. The Labute approximate surface area is 319 Å². The van der Waals surface area contributed by atoms with Crippen LogP contribution in [0.4, 0.5) is 4.79 Å². The number of carbonyl (C=O) groups is 7. The van der Waals surface area contributed by atoms with E-state index in [1.807, 2.05) is 62.4 Å². The number of aliphatic carboxylic acids is 1. The van der Waals surface area contributed by atoms with Crippen LogP contribution in [0.15, 0.2) is 48.5 Å². The first-order chi connectivity index (χ1) is 25.9. The molecular weight excluding hydrogens is 714 g/mol. The maximum Gasteiger partial charge on any atom is 0.407 e.